The summed E-state index contributed by atoms with van der Waals surface area (Å²) >= 11 is 0. The number of esters is 2. The summed E-state index contributed by atoms with van der Waals surface area (Å²) < 4.78 is 9.39. The van der Waals surface area contributed by atoms with E-state index in [1.165, 1.54) is 14.0 Å². The molecular formula is C9H16O4. The largest absolute Gasteiger partial charge is 0.468 e. The molecule has 0 heterocycles. The van der Waals surface area contributed by atoms with E-state index in [0.29, 0.717) is 0 Å². The molecule has 0 N–H and O–H groups in total. The van der Waals surface area contributed by atoms with Crippen molar-refractivity contribution in [1.29, 1.82) is 0 Å². The van der Waals surface area contributed by atoms with Crippen LogP contribution in [0.5, 0.6) is 0 Å². The minimum Gasteiger partial charge on any atom is -0.468 e. The van der Waals surface area contributed by atoms with Gasteiger partial charge >= 0.3 is 11.9 Å². The molecule has 0 spiro atoms. The van der Waals surface area contributed by atoms with Crippen molar-refractivity contribution in [2.75, 3.05) is 7.11 Å². The van der Waals surface area contributed by atoms with Gasteiger partial charge < -0.3 is 9.47 Å². The van der Waals surface area contributed by atoms with E-state index in [9.17, 15) is 9.59 Å². The molecule has 0 aliphatic heterocycles. The van der Waals surface area contributed by atoms with Crippen molar-refractivity contribution in [3.63, 3.8) is 0 Å². The maximum atomic E-state index is 11.2. The van der Waals surface area contributed by atoms with Crippen LogP contribution in [-0.2, 0) is 19.1 Å². The molecule has 4 nitrogen and oxygen atoms in total. The van der Waals surface area contributed by atoms with Gasteiger partial charge in [-0.05, 0) is 27.7 Å². The highest BCUT2D eigenvalue weighted by atomic mass is 16.6. The number of rotatable bonds is 2. The van der Waals surface area contributed by atoms with Crippen LogP contribution in [0.4, 0.5) is 0 Å². The Morgan fingerprint density at radius 1 is 1.15 bits per heavy atom. The smallest absolute Gasteiger partial charge is 0.320 e. The predicted molar refractivity (Wildman–Crippen MR) is 47.0 cm³/mol. The van der Waals surface area contributed by atoms with Crippen molar-refractivity contribution in [2.24, 2.45) is 5.92 Å². The predicted octanol–water partition coefficient (Wildman–Crippen LogP) is 1.14. The molecule has 0 saturated carbocycles. The Morgan fingerprint density at radius 2 is 1.62 bits per heavy atom. The van der Waals surface area contributed by atoms with Gasteiger partial charge in [0.05, 0.1) is 7.11 Å². The van der Waals surface area contributed by atoms with Crippen molar-refractivity contribution < 1.29 is 19.1 Å². The zero-order chi connectivity index (χ0) is 10.6. The molecule has 0 saturated heterocycles. The van der Waals surface area contributed by atoms with Crippen LogP contribution in [0.2, 0.25) is 0 Å². The van der Waals surface area contributed by atoms with E-state index in [4.69, 9.17) is 4.74 Å². The van der Waals surface area contributed by atoms with Gasteiger partial charge in [0.25, 0.3) is 0 Å². The Balaban J connectivity index is 4.20. The summed E-state index contributed by atoms with van der Waals surface area (Å²) in [5.74, 6) is -1.99. The number of hydrogen-bond acceptors (Lipinski definition) is 4. The molecule has 1 atom stereocenters. The van der Waals surface area contributed by atoms with E-state index in [0.717, 1.165) is 0 Å². The van der Waals surface area contributed by atoms with Crippen LogP contribution in [0.3, 0.4) is 0 Å². The summed E-state index contributed by atoms with van der Waals surface area (Å²) in [7, 11) is 1.24. The lowest BCUT2D eigenvalue weighted by Crippen LogP contribution is -2.31. The normalized spacial score (nSPS) is 13.3. The third-order valence-electron chi connectivity index (χ3n) is 1.32. The van der Waals surface area contributed by atoms with Crippen molar-refractivity contribution in [3.05, 3.63) is 0 Å². The summed E-state index contributed by atoms with van der Waals surface area (Å²) in [5, 5.41) is 0. The summed E-state index contributed by atoms with van der Waals surface area (Å²) in [5.41, 5.74) is -0.570. The number of ether oxygens (including phenoxy) is 2. The number of hydrogen-bond donors (Lipinski definition) is 0. The molecule has 76 valence electrons. The molecule has 0 aliphatic rings. The van der Waals surface area contributed by atoms with Gasteiger partial charge in [-0.25, -0.2) is 0 Å². The molecule has 13 heavy (non-hydrogen) atoms. The monoisotopic (exact) mass is 188 g/mol. The summed E-state index contributed by atoms with van der Waals surface area (Å²) in [6, 6.07) is 0. The lowest BCUT2D eigenvalue weighted by molar-refractivity contribution is -0.167. The molecule has 0 rings (SSSR count). The molecular weight excluding hydrogens is 172 g/mol. The van der Waals surface area contributed by atoms with Crippen LogP contribution < -0.4 is 0 Å². The second-order valence-corrected chi connectivity index (χ2v) is 3.78. The Hall–Kier alpha value is -1.06. The topological polar surface area (TPSA) is 52.6 Å². The summed E-state index contributed by atoms with van der Waals surface area (Å²) in [6.07, 6.45) is 0. The molecule has 0 aromatic heterocycles. The third kappa shape index (κ3) is 4.50. The van der Waals surface area contributed by atoms with Gasteiger partial charge in [-0.3, -0.25) is 9.59 Å². The number of carbonyl (C=O) groups is 2. The average Bonchev–Trinajstić information content (AvgIpc) is 1.98. The summed E-state index contributed by atoms with van der Waals surface area (Å²) in [6.45, 7) is 6.69. The lowest BCUT2D eigenvalue weighted by Gasteiger charge is -2.21. The SMILES string of the molecule is COC(=O)[C@@H](C)C(=O)OC(C)(C)C. The first-order chi connectivity index (χ1) is 5.78. The van der Waals surface area contributed by atoms with Crippen LogP contribution in [-0.4, -0.2) is 24.6 Å². The van der Waals surface area contributed by atoms with Crippen molar-refractivity contribution in [2.45, 2.75) is 33.3 Å². The zero-order valence-corrected chi connectivity index (χ0v) is 8.71. The van der Waals surface area contributed by atoms with Gasteiger partial charge in [-0.2, -0.15) is 0 Å². The first-order valence-corrected chi connectivity index (χ1v) is 4.08. The zero-order valence-electron chi connectivity index (χ0n) is 8.71. The standard InChI is InChI=1S/C9H16O4/c1-6(7(10)12-5)8(11)13-9(2,3)4/h6H,1-5H3/t6-/m1/s1. The van der Waals surface area contributed by atoms with Crippen LogP contribution in [0.1, 0.15) is 27.7 Å². The lowest BCUT2D eigenvalue weighted by atomic mass is 10.1. The maximum Gasteiger partial charge on any atom is 0.320 e. The maximum absolute atomic E-state index is 11.2. The molecule has 0 bridgehead atoms. The number of methoxy groups -OCH3 is 1. The molecule has 0 aromatic rings. The molecule has 4 heteroatoms. The van der Waals surface area contributed by atoms with Crippen LogP contribution >= 0.6 is 0 Å². The van der Waals surface area contributed by atoms with E-state index in [2.05, 4.69) is 4.74 Å². The molecule has 0 aliphatic carbocycles. The van der Waals surface area contributed by atoms with E-state index in [1.807, 2.05) is 0 Å². The minimum absolute atomic E-state index is 0.556. The van der Waals surface area contributed by atoms with Crippen LogP contribution in [0, 0.1) is 5.92 Å². The first kappa shape index (κ1) is 11.9. The van der Waals surface area contributed by atoms with Crippen LogP contribution in [0.25, 0.3) is 0 Å². The first-order valence-electron chi connectivity index (χ1n) is 4.08. The average molecular weight is 188 g/mol. The van der Waals surface area contributed by atoms with Gasteiger partial charge in [-0.1, -0.05) is 0 Å². The van der Waals surface area contributed by atoms with E-state index in [1.54, 1.807) is 20.8 Å². The fourth-order valence-corrected chi connectivity index (χ4v) is 0.663. The van der Waals surface area contributed by atoms with E-state index in [-0.39, 0.29) is 0 Å². The van der Waals surface area contributed by atoms with E-state index < -0.39 is 23.5 Å². The van der Waals surface area contributed by atoms with Crippen molar-refractivity contribution in [1.82, 2.24) is 0 Å². The van der Waals surface area contributed by atoms with Crippen molar-refractivity contribution >= 4 is 11.9 Å². The quantitative estimate of drug-likeness (QED) is 0.481. The summed E-state index contributed by atoms with van der Waals surface area (Å²) in [4.78, 5) is 22.2. The van der Waals surface area contributed by atoms with Gasteiger partial charge in [0.2, 0.25) is 0 Å². The van der Waals surface area contributed by atoms with Gasteiger partial charge in [0.15, 0.2) is 5.92 Å². The van der Waals surface area contributed by atoms with Gasteiger partial charge in [-0.15, -0.1) is 0 Å². The van der Waals surface area contributed by atoms with E-state index >= 15 is 0 Å². The highest BCUT2D eigenvalue weighted by Gasteiger charge is 2.27. The second-order valence-electron chi connectivity index (χ2n) is 3.78. The molecule has 0 amide bonds. The molecule has 0 unspecified atom stereocenters. The minimum atomic E-state index is -0.857. The molecule has 0 aromatic carbocycles. The van der Waals surface area contributed by atoms with Gasteiger partial charge in [0.1, 0.15) is 5.60 Å². The Labute approximate surface area is 78.2 Å². The Morgan fingerprint density at radius 3 is 1.92 bits per heavy atom. The van der Waals surface area contributed by atoms with Gasteiger partial charge in [0, 0.05) is 0 Å². The molecule has 0 radical (unpaired) electrons. The second kappa shape index (κ2) is 4.25. The Kier molecular flexibility index (Phi) is 3.91. The Bertz CT molecular complexity index is 202. The molecule has 0 fully saturated rings. The van der Waals surface area contributed by atoms with Crippen molar-refractivity contribution in [3.8, 4) is 0 Å². The number of carbonyl (C=O) groups excluding carboxylic acids is 2. The third-order valence-corrected chi connectivity index (χ3v) is 1.32. The highest BCUT2D eigenvalue weighted by Crippen LogP contribution is 2.11. The van der Waals surface area contributed by atoms with Crippen LogP contribution in [0.15, 0.2) is 0 Å². The fraction of sp³-hybridized carbons (Fsp3) is 0.778. The fourth-order valence-electron chi connectivity index (χ4n) is 0.663. The highest BCUT2D eigenvalue weighted by molar-refractivity contribution is 5.94.